The summed E-state index contributed by atoms with van der Waals surface area (Å²) in [5.41, 5.74) is 4.33. The number of esters is 1. The fraction of sp³-hybridized carbons (Fsp3) is 0.290. The van der Waals surface area contributed by atoms with E-state index in [4.69, 9.17) is 13.9 Å². The molecule has 0 aliphatic heterocycles. The minimum Gasteiger partial charge on any atom is -0.497 e. The average Bonchev–Trinajstić information content (AvgIpc) is 3.48. The van der Waals surface area contributed by atoms with Gasteiger partial charge < -0.3 is 24.5 Å². The van der Waals surface area contributed by atoms with Crippen LogP contribution in [0, 0.1) is 0 Å². The second-order valence-corrected chi connectivity index (χ2v) is 9.18. The van der Waals surface area contributed by atoms with E-state index in [0.29, 0.717) is 24.0 Å². The van der Waals surface area contributed by atoms with E-state index in [9.17, 15) is 9.59 Å². The molecule has 0 saturated carbocycles. The largest absolute Gasteiger partial charge is 0.497 e. The second-order valence-electron chi connectivity index (χ2n) is 9.18. The summed E-state index contributed by atoms with van der Waals surface area (Å²) in [6.45, 7) is 4.46. The first kappa shape index (κ1) is 28.4. The number of nitrogens with zero attached hydrogens (tertiary/aromatic N) is 2. The Hall–Kier alpha value is -4.66. The molecule has 208 valence electrons. The Bertz CT molecular complexity index is 1380. The predicted molar refractivity (Wildman–Crippen MR) is 153 cm³/mol. The van der Waals surface area contributed by atoms with Crippen molar-refractivity contribution in [1.29, 1.82) is 0 Å². The third-order valence-corrected chi connectivity index (χ3v) is 6.38. The Morgan fingerprint density at radius 2 is 1.50 bits per heavy atom. The lowest BCUT2D eigenvalue weighted by Crippen LogP contribution is -2.26. The highest BCUT2D eigenvalue weighted by Gasteiger charge is 2.13. The number of aromatic nitrogens is 2. The van der Waals surface area contributed by atoms with Crippen LogP contribution in [0.4, 0.5) is 5.69 Å². The SMILES string of the molecule is CCOC(=O)CCNC(=O)c1ccc(NC(CC)Cc2ccc(-c3nnc(-c4ccc(OC)cc4)o3)cc2)cc1. The fourth-order valence-corrected chi connectivity index (χ4v) is 4.12. The van der Waals surface area contributed by atoms with E-state index < -0.39 is 0 Å². The number of methoxy groups -OCH3 is 1. The number of hydrogen-bond acceptors (Lipinski definition) is 8. The molecule has 0 aliphatic carbocycles. The van der Waals surface area contributed by atoms with E-state index in [2.05, 4.69) is 39.9 Å². The van der Waals surface area contributed by atoms with Crippen LogP contribution < -0.4 is 15.4 Å². The van der Waals surface area contributed by atoms with Gasteiger partial charge >= 0.3 is 5.97 Å². The van der Waals surface area contributed by atoms with Crippen LogP contribution in [0.25, 0.3) is 22.9 Å². The number of carbonyl (C=O) groups is 2. The molecule has 1 atom stereocenters. The molecule has 0 bridgehead atoms. The van der Waals surface area contributed by atoms with Crippen LogP contribution in [0.3, 0.4) is 0 Å². The third-order valence-electron chi connectivity index (χ3n) is 6.38. The lowest BCUT2D eigenvalue weighted by molar-refractivity contribution is -0.142. The molecular formula is C31H34N4O5. The highest BCUT2D eigenvalue weighted by molar-refractivity contribution is 5.94. The van der Waals surface area contributed by atoms with Gasteiger partial charge in [0.2, 0.25) is 11.8 Å². The molecule has 9 heteroatoms. The normalized spacial score (nSPS) is 11.5. The molecule has 0 radical (unpaired) electrons. The molecule has 0 saturated heterocycles. The topological polar surface area (TPSA) is 116 Å². The summed E-state index contributed by atoms with van der Waals surface area (Å²) >= 11 is 0. The summed E-state index contributed by atoms with van der Waals surface area (Å²) < 4.78 is 16.0. The van der Waals surface area contributed by atoms with Crippen molar-refractivity contribution in [2.24, 2.45) is 0 Å². The number of rotatable bonds is 13. The molecule has 4 aromatic rings. The zero-order valence-electron chi connectivity index (χ0n) is 23.0. The maximum absolute atomic E-state index is 12.3. The van der Waals surface area contributed by atoms with Gasteiger partial charge in [0.05, 0.1) is 20.1 Å². The van der Waals surface area contributed by atoms with Gasteiger partial charge in [-0.2, -0.15) is 0 Å². The summed E-state index contributed by atoms with van der Waals surface area (Å²) in [5.74, 6) is 1.14. The summed E-state index contributed by atoms with van der Waals surface area (Å²) in [6.07, 6.45) is 1.90. The molecule has 2 N–H and O–H groups in total. The van der Waals surface area contributed by atoms with Crippen molar-refractivity contribution in [2.45, 2.75) is 39.2 Å². The predicted octanol–water partition coefficient (Wildman–Crippen LogP) is 5.53. The number of amides is 1. The number of anilines is 1. The van der Waals surface area contributed by atoms with Gasteiger partial charge in [-0.1, -0.05) is 19.1 Å². The van der Waals surface area contributed by atoms with Crippen molar-refractivity contribution < 1.29 is 23.5 Å². The zero-order valence-corrected chi connectivity index (χ0v) is 23.0. The van der Waals surface area contributed by atoms with Gasteiger partial charge in [0.25, 0.3) is 5.91 Å². The molecule has 1 amide bonds. The molecule has 4 rings (SSSR count). The minimum atomic E-state index is -0.323. The number of hydrogen-bond donors (Lipinski definition) is 2. The summed E-state index contributed by atoms with van der Waals surface area (Å²) in [5, 5.41) is 14.7. The number of benzene rings is 3. The summed E-state index contributed by atoms with van der Waals surface area (Å²) in [7, 11) is 1.63. The quantitative estimate of drug-likeness (QED) is 0.212. The average molecular weight is 543 g/mol. The van der Waals surface area contributed by atoms with Crippen LogP contribution in [0.2, 0.25) is 0 Å². The lowest BCUT2D eigenvalue weighted by atomic mass is 10.0. The lowest BCUT2D eigenvalue weighted by Gasteiger charge is -2.19. The Balaban J connectivity index is 1.30. The van der Waals surface area contributed by atoms with Crippen LogP contribution in [0.1, 0.15) is 42.6 Å². The molecule has 3 aromatic carbocycles. The van der Waals surface area contributed by atoms with E-state index in [1.807, 2.05) is 48.5 Å². The van der Waals surface area contributed by atoms with Gasteiger partial charge in [-0.3, -0.25) is 9.59 Å². The number of carbonyl (C=O) groups excluding carboxylic acids is 2. The van der Waals surface area contributed by atoms with E-state index in [-0.39, 0.29) is 30.9 Å². The Morgan fingerprint density at radius 1 is 0.875 bits per heavy atom. The number of ether oxygens (including phenoxy) is 2. The fourth-order valence-electron chi connectivity index (χ4n) is 4.12. The van der Waals surface area contributed by atoms with Crippen LogP contribution in [-0.4, -0.2) is 48.4 Å². The first-order valence-corrected chi connectivity index (χ1v) is 13.4. The van der Waals surface area contributed by atoms with Gasteiger partial charge in [0.1, 0.15) is 5.75 Å². The second kappa shape index (κ2) is 13.9. The standard InChI is InChI=1S/C31H34N4O5/c1-4-25(33-26-14-10-22(11-15-26)29(37)32-19-18-28(36)39-5-2)20-21-6-8-23(9-7-21)30-34-35-31(40-30)24-12-16-27(38-3)17-13-24/h6-17,25,33H,4-5,18-20H2,1-3H3,(H,32,37). The summed E-state index contributed by atoms with van der Waals surface area (Å²) in [6, 6.07) is 23.1. The maximum Gasteiger partial charge on any atom is 0.307 e. The Labute approximate surface area is 233 Å². The highest BCUT2D eigenvalue weighted by Crippen LogP contribution is 2.26. The summed E-state index contributed by atoms with van der Waals surface area (Å²) in [4.78, 5) is 23.8. The highest BCUT2D eigenvalue weighted by atomic mass is 16.5. The van der Waals surface area contributed by atoms with Crippen molar-refractivity contribution >= 4 is 17.6 Å². The molecular weight excluding hydrogens is 508 g/mol. The van der Waals surface area contributed by atoms with E-state index >= 15 is 0 Å². The first-order valence-electron chi connectivity index (χ1n) is 13.4. The molecule has 9 nitrogen and oxygen atoms in total. The molecule has 1 heterocycles. The van der Waals surface area contributed by atoms with E-state index in [1.165, 1.54) is 5.56 Å². The smallest absolute Gasteiger partial charge is 0.307 e. The Kier molecular flexibility index (Phi) is 9.88. The minimum absolute atomic E-state index is 0.151. The molecule has 1 unspecified atom stereocenters. The van der Waals surface area contributed by atoms with Crippen LogP contribution in [-0.2, 0) is 16.0 Å². The van der Waals surface area contributed by atoms with E-state index in [1.54, 1.807) is 26.2 Å². The molecule has 1 aromatic heterocycles. The van der Waals surface area contributed by atoms with Gasteiger partial charge in [-0.05, 0) is 86.0 Å². The van der Waals surface area contributed by atoms with Gasteiger partial charge in [0, 0.05) is 35.0 Å². The molecule has 0 aliphatic rings. The van der Waals surface area contributed by atoms with Crippen LogP contribution >= 0.6 is 0 Å². The van der Waals surface area contributed by atoms with Crippen LogP contribution in [0.5, 0.6) is 5.75 Å². The van der Waals surface area contributed by atoms with Crippen molar-refractivity contribution in [3.63, 3.8) is 0 Å². The van der Waals surface area contributed by atoms with E-state index in [0.717, 1.165) is 35.4 Å². The maximum atomic E-state index is 12.3. The van der Waals surface area contributed by atoms with Gasteiger partial charge in [0.15, 0.2) is 0 Å². The van der Waals surface area contributed by atoms with Gasteiger partial charge in [-0.15, -0.1) is 10.2 Å². The zero-order chi connectivity index (χ0) is 28.3. The molecule has 0 fully saturated rings. The monoisotopic (exact) mass is 542 g/mol. The van der Waals surface area contributed by atoms with Crippen molar-refractivity contribution in [3.05, 3.63) is 83.9 Å². The van der Waals surface area contributed by atoms with Crippen LogP contribution in [0.15, 0.2) is 77.2 Å². The van der Waals surface area contributed by atoms with Gasteiger partial charge in [-0.25, -0.2) is 0 Å². The molecule has 0 spiro atoms. The molecule has 40 heavy (non-hydrogen) atoms. The number of nitrogens with one attached hydrogen (secondary N) is 2. The Morgan fingerprint density at radius 3 is 2.08 bits per heavy atom. The van der Waals surface area contributed by atoms with Crippen molar-refractivity contribution in [3.8, 4) is 28.7 Å². The third kappa shape index (κ3) is 7.69. The first-order chi connectivity index (χ1) is 19.5. The van der Waals surface area contributed by atoms with Crippen molar-refractivity contribution in [2.75, 3.05) is 25.6 Å². The van der Waals surface area contributed by atoms with Crippen molar-refractivity contribution in [1.82, 2.24) is 15.5 Å².